The maximum Gasteiger partial charge on any atom is 0.0443 e. The fourth-order valence-electron chi connectivity index (χ4n) is 2.33. The molecule has 1 atom stereocenters. The zero-order valence-corrected chi connectivity index (χ0v) is 8.91. The van der Waals surface area contributed by atoms with E-state index >= 15 is 0 Å². The normalized spacial score (nSPS) is 27.4. The summed E-state index contributed by atoms with van der Waals surface area (Å²) in [6, 6.07) is 1.55. The third-order valence-electron chi connectivity index (χ3n) is 3.28. The molecule has 2 aliphatic rings. The van der Waals surface area contributed by atoms with Crippen LogP contribution in [0.2, 0.25) is 0 Å². The molecule has 0 radical (unpaired) electrons. The molecule has 2 N–H and O–H groups in total. The summed E-state index contributed by atoms with van der Waals surface area (Å²) in [7, 11) is 0. The molecule has 1 heterocycles. The van der Waals surface area contributed by atoms with Gasteiger partial charge >= 0.3 is 0 Å². The molecular formula is C11H22N2O. The van der Waals surface area contributed by atoms with Crippen molar-refractivity contribution in [3.63, 3.8) is 0 Å². The van der Waals surface area contributed by atoms with Crippen molar-refractivity contribution in [1.29, 1.82) is 0 Å². The molecule has 1 saturated heterocycles. The molecule has 3 nitrogen and oxygen atoms in total. The van der Waals surface area contributed by atoms with Crippen LogP contribution in [0.3, 0.4) is 0 Å². The largest absolute Gasteiger partial charge is 0.396 e. The maximum absolute atomic E-state index is 8.84. The SMILES string of the molecule is OCCCN(CC1CCCN1)C1CC1. The van der Waals surface area contributed by atoms with Crippen LogP contribution in [0.5, 0.6) is 0 Å². The first-order chi connectivity index (χ1) is 6.90. The second kappa shape index (κ2) is 5.10. The van der Waals surface area contributed by atoms with Gasteiger partial charge in [0.05, 0.1) is 0 Å². The summed E-state index contributed by atoms with van der Waals surface area (Å²) < 4.78 is 0. The molecule has 0 amide bonds. The molecule has 3 heteroatoms. The Balaban J connectivity index is 1.71. The topological polar surface area (TPSA) is 35.5 Å². The van der Waals surface area contributed by atoms with Gasteiger partial charge < -0.3 is 10.4 Å². The molecular weight excluding hydrogens is 176 g/mol. The molecule has 0 aromatic heterocycles. The Morgan fingerprint density at radius 1 is 1.29 bits per heavy atom. The van der Waals surface area contributed by atoms with Crippen LogP contribution in [0.1, 0.15) is 32.1 Å². The van der Waals surface area contributed by atoms with Crippen molar-refractivity contribution in [3.8, 4) is 0 Å². The molecule has 1 aliphatic carbocycles. The zero-order chi connectivity index (χ0) is 9.80. The summed E-state index contributed by atoms with van der Waals surface area (Å²) in [6.45, 7) is 3.81. The Kier molecular flexibility index (Phi) is 3.79. The van der Waals surface area contributed by atoms with Crippen molar-refractivity contribution in [3.05, 3.63) is 0 Å². The number of rotatable bonds is 6. The number of nitrogens with zero attached hydrogens (tertiary/aromatic N) is 1. The molecule has 1 saturated carbocycles. The van der Waals surface area contributed by atoms with Gasteiger partial charge in [-0.2, -0.15) is 0 Å². The monoisotopic (exact) mass is 198 g/mol. The van der Waals surface area contributed by atoms with E-state index in [1.165, 1.54) is 38.8 Å². The standard InChI is InChI=1S/C11H22N2O/c14-8-2-7-13(11-4-5-11)9-10-3-1-6-12-10/h10-12,14H,1-9H2. The molecule has 1 aliphatic heterocycles. The van der Waals surface area contributed by atoms with Gasteiger partial charge in [-0.3, -0.25) is 4.90 Å². The lowest BCUT2D eigenvalue weighted by molar-refractivity contribution is 0.204. The lowest BCUT2D eigenvalue weighted by Crippen LogP contribution is -2.39. The summed E-state index contributed by atoms with van der Waals surface area (Å²) in [4.78, 5) is 2.57. The Hall–Kier alpha value is -0.120. The lowest BCUT2D eigenvalue weighted by atomic mass is 10.2. The van der Waals surface area contributed by atoms with Crippen LogP contribution < -0.4 is 5.32 Å². The van der Waals surface area contributed by atoms with E-state index in [1.807, 2.05) is 0 Å². The third-order valence-corrected chi connectivity index (χ3v) is 3.28. The average Bonchev–Trinajstić information content (AvgIpc) is 2.92. The number of aliphatic hydroxyl groups is 1. The maximum atomic E-state index is 8.84. The summed E-state index contributed by atoms with van der Waals surface area (Å²) in [5, 5.41) is 12.4. The van der Waals surface area contributed by atoms with E-state index in [9.17, 15) is 0 Å². The van der Waals surface area contributed by atoms with Gasteiger partial charge in [-0.05, 0) is 38.6 Å². The Morgan fingerprint density at radius 3 is 2.71 bits per heavy atom. The van der Waals surface area contributed by atoms with Crippen molar-refractivity contribution in [1.82, 2.24) is 10.2 Å². The van der Waals surface area contributed by atoms with E-state index in [-0.39, 0.29) is 0 Å². The van der Waals surface area contributed by atoms with E-state index in [1.54, 1.807) is 0 Å². The average molecular weight is 198 g/mol. The molecule has 0 spiro atoms. The van der Waals surface area contributed by atoms with E-state index in [2.05, 4.69) is 10.2 Å². The van der Waals surface area contributed by atoms with E-state index < -0.39 is 0 Å². The van der Waals surface area contributed by atoms with Crippen molar-refractivity contribution >= 4 is 0 Å². The zero-order valence-electron chi connectivity index (χ0n) is 8.91. The van der Waals surface area contributed by atoms with Crippen LogP contribution in [-0.4, -0.2) is 48.3 Å². The minimum Gasteiger partial charge on any atom is -0.396 e. The molecule has 0 bridgehead atoms. The molecule has 0 aromatic carbocycles. The van der Waals surface area contributed by atoms with Gasteiger partial charge in [-0.15, -0.1) is 0 Å². The predicted molar refractivity (Wildman–Crippen MR) is 57.3 cm³/mol. The van der Waals surface area contributed by atoms with Crippen LogP contribution in [0.15, 0.2) is 0 Å². The van der Waals surface area contributed by atoms with Crippen LogP contribution in [0.4, 0.5) is 0 Å². The van der Waals surface area contributed by atoms with Gasteiger partial charge in [0.25, 0.3) is 0 Å². The van der Waals surface area contributed by atoms with Crippen molar-refractivity contribution < 1.29 is 5.11 Å². The van der Waals surface area contributed by atoms with Gasteiger partial charge in [-0.1, -0.05) is 0 Å². The fraction of sp³-hybridized carbons (Fsp3) is 1.00. The Morgan fingerprint density at radius 2 is 2.14 bits per heavy atom. The van der Waals surface area contributed by atoms with E-state index in [0.29, 0.717) is 12.6 Å². The number of nitrogens with one attached hydrogen (secondary N) is 1. The van der Waals surface area contributed by atoms with E-state index in [0.717, 1.165) is 19.0 Å². The summed E-state index contributed by atoms with van der Waals surface area (Å²) in [6.07, 6.45) is 6.35. The lowest BCUT2D eigenvalue weighted by Gasteiger charge is -2.25. The number of aliphatic hydroxyl groups excluding tert-OH is 1. The van der Waals surface area contributed by atoms with Crippen molar-refractivity contribution in [2.75, 3.05) is 26.2 Å². The molecule has 2 rings (SSSR count). The summed E-state index contributed by atoms with van der Waals surface area (Å²) >= 11 is 0. The van der Waals surface area contributed by atoms with E-state index in [4.69, 9.17) is 5.11 Å². The van der Waals surface area contributed by atoms with Crippen LogP contribution >= 0.6 is 0 Å². The van der Waals surface area contributed by atoms with Crippen LogP contribution in [0.25, 0.3) is 0 Å². The first-order valence-electron chi connectivity index (χ1n) is 5.98. The Bertz CT molecular complexity index is 165. The second-order valence-electron chi connectivity index (χ2n) is 4.60. The molecule has 1 unspecified atom stereocenters. The van der Waals surface area contributed by atoms with Crippen molar-refractivity contribution in [2.45, 2.75) is 44.2 Å². The van der Waals surface area contributed by atoms with Gasteiger partial charge in [0, 0.05) is 31.8 Å². The fourth-order valence-corrected chi connectivity index (χ4v) is 2.33. The quantitative estimate of drug-likeness (QED) is 0.655. The van der Waals surface area contributed by atoms with Gasteiger partial charge in [0.1, 0.15) is 0 Å². The number of hydrogen-bond donors (Lipinski definition) is 2. The number of hydrogen-bond acceptors (Lipinski definition) is 3. The summed E-state index contributed by atoms with van der Waals surface area (Å²) in [5.41, 5.74) is 0. The second-order valence-corrected chi connectivity index (χ2v) is 4.60. The first kappa shape index (κ1) is 10.4. The third kappa shape index (κ3) is 2.94. The van der Waals surface area contributed by atoms with Gasteiger partial charge in [0.15, 0.2) is 0 Å². The van der Waals surface area contributed by atoms with Crippen LogP contribution in [0, 0.1) is 0 Å². The van der Waals surface area contributed by atoms with Crippen LogP contribution in [-0.2, 0) is 0 Å². The minimum absolute atomic E-state index is 0.335. The molecule has 2 fully saturated rings. The summed E-state index contributed by atoms with van der Waals surface area (Å²) in [5.74, 6) is 0. The highest BCUT2D eigenvalue weighted by Gasteiger charge is 2.30. The van der Waals surface area contributed by atoms with Crippen molar-refractivity contribution in [2.24, 2.45) is 0 Å². The highest BCUT2D eigenvalue weighted by Crippen LogP contribution is 2.27. The molecule has 14 heavy (non-hydrogen) atoms. The predicted octanol–water partition coefficient (Wildman–Crippen LogP) is 0.585. The Labute approximate surface area is 86.5 Å². The smallest absolute Gasteiger partial charge is 0.0443 e. The minimum atomic E-state index is 0.335. The molecule has 82 valence electrons. The van der Waals surface area contributed by atoms with Gasteiger partial charge in [0.2, 0.25) is 0 Å². The molecule has 0 aromatic rings. The first-order valence-corrected chi connectivity index (χ1v) is 5.98. The van der Waals surface area contributed by atoms with Gasteiger partial charge in [-0.25, -0.2) is 0 Å². The highest BCUT2D eigenvalue weighted by atomic mass is 16.3. The highest BCUT2D eigenvalue weighted by molar-refractivity contribution is 4.88.